The van der Waals surface area contributed by atoms with Crippen molar-refractivity contribution in [1.82, 2.24) is 9.78 Å². The first-order chi connectivity index (χ1) is 13.1. The fourth-order valence-electron chi connectivity index (χ4n) is 3.01. The zero-order valence-electron chi connectivity index (χ0n) is 15.8. The summed E-state index contributed by atoms with van der Waals surface area (Å²) in [6.07, 6.45) is 3.01. The van der Waals surface area contributed by atoms with Crippen LogP contribution in [0.15, 0.2) is 60.8 Å². The van der Waals surface area contributed by atoms with Gasteiger partial charge >= 0.3 is 0 Å². The lowest BCUT2D eigenvalue weighted by atomic mass is 10.1. The number of nitrogens with zero attached hydrogens (tertiary/aromatic N) is 2. The molecule has 4 rings (SSSR count). The van der Waals surface area contributed by atoms with Gasteiger partial charge in [-0.25, -0.2) is 0 Å². The summed E-state index contributed by atoms with van der Waals surface area (Å²) < 4.78 is 13.3. The van der Waals surface area contributed by atoms with Crippen LogP contribution in [0.1, 0.15) is 25.8 Å². The van der Waals surface area contributed by atoms with Crippen molar-refractivity contribution < 1.29 is 9.47 Å². The van der Waals surface area contributed by atoms with Gasteiger partial charge in [-0.05, 0) is 36.6 Å². The second-order valence-corrected chi connectivity index (χ2v) is 7.10. The fraction of sp³-hybridized carbons (Fsp3) is 0.318. The van der Waals surface area contributed by atoms with Crippen LogP contribution in [-0.4, -0.2) is 28.7 Å². The number of hydrogen-bond donors (Lipinski definition) is 1. The standard InChI is InChI=1S/C22H25N3O2/c1-3-12-26-21-20(15-25(24-21)14-17-8-5-4-6-9-17)18-10-7-11-19(13-18)23-22(2)16-27-22/h4-11,13,15,23H,3,12,14,16H2,1-2H3. The molecule has 0 saturated carbocycles. The van der Waals surface area contributed by atoms with Crippen LogP contribution in [0.2, 0.25) is 0 Å². The Labute approximate surface area is 159 Å². The van der Waals surface area contributed by atoms with E-state index in [1.54, 1.807) is 0 Å². The summed E-state index contributed by atoms with van der Waals surface area (Å²) in [7, 11) is 0. The van der Waals surface area contributed by atoms with Gasteiger partial charge in [-0.3, -0.25) is 4.68 Å². The van der Waals surface area contributed by atoms with Crippen molar-refractivity contribution in [3.05, 3.63) is 66.4 Å². The number of nitrogens with one attached hydrogen (secondary N) is 1. The highest BCUT2D eigenvalue weighted by atomic mass is 16.6. The lowest BCUT2D eigenvalue weighted by Gasteiger charge is -2.11. The van der Waals surface area contributed by atoms with E-state index in [0.29, 0.717) is 19.0 Å². The van der Waals surface area contributed by atoms with Crippen LogP contribution in [0, 0.1) is 0 Å². The van der Waals surface area contributed by atoms with Gasteiger partial charge in [0, 0.05) is 11.9 Å². The summed E-state index contributed by atoms with van der Waals surface area (Å²) >= 11 is 0. The van der Waals surface area contributed by atoms with Crippen molar-refractivity contribution in [2.24, 2.45) is 0 Å². The van der Waals surface area contributed by atoms with Crippen molar-refractivity contribution in [1.29, 1.82) is 0 Å². The van der Waals surface area contributed by atoms with Gasteiger partial charge in [0.25, 0.3) is 0 Å². The molecular weight excluding hydrogens is 338 g/mol. The molecule has 3 aromatic rings. The smallest absolute Gasteiger partial charge is 0.240 e. The van der Waals surface area contributed by atoms with E-state index < -0.39 is 0 Å². The Morgan fingerprint density at radius 1 is 1.19 bits per heavy atom. The number of hydrogen-bond acceptors (Lipinski definition) is 4. The topological polar surface area (TPSA) is 51.6 Å². The molecule has 1 fully saturated rings. The Morgan fingerprint density at radius 2 is 2.00 bits per heavy atom. The Bertz CT molecular complexity index is 901. The maximum atomic E-state index is 5.94. The third-order valence-electron chi connectivity index (χ3n) is 4.52. The van der Waals surface area contributed by atoms with Gasteiger partial charge in [0.05, 0.1) is 25.3 Å². The van der Waals surface area contributed by atoms with Gasteiger partial charge in [-0.15, -0.1) is 5.10 Å². The Morgan fingerprint density at radius 3 is 2.74 bits per heavy atom. The van der Waals surface area contributed by atoms with E-state index >= 15 is 0 Å². The molecule has 27 heavy (non-hydrogen) atoms. The third kappa shape index (κ3) is 4.31. The van der Waals surface area contributed by atoms with Crippen LogP contribution < -0.4 is 10.1 Å². The normalized spacial score (nSPS) is 18.3. The van der Waals surface area contributed by atoms with Crippen molar-refractivity contribution >= 4 is 5.69 Å². The molecule has 1 unspecified atom stereocenters. The molecule has 2 heterocycles. The predicted molar refractivity (Wildman–Crippen MR) is 107 cm³/mol. The molecule has 1 saturated heterocycles. The van der Waals surface area contributed by atoms with E-state index in [2.05, 4.69) is 53.9 Å². The first kappa shape index (κ1) is 17.6. The predicted octanol–water partition coefficient (Wildman–Crippen LogP) is 4.55. The Hall–Kier alpha value is -2.79. The maximum absolute atomic E-state index is 5.94. The van der Waals surface area contributed by atoms with Gasteiger partial charge in [0.1, 0.15) is 0 Å². The molecule has 1 aliphatic heterocycles. The number of ether oxygens (including phenoxy) is 2. The Balaban J connectivity index is 1.62. The average molecular weight is 363 g/mol. The van der Waals surface area contributed by atoms with E-state index in [1.165, 1.54) is 5.56 Å². The molecule has 140 valence electrons. The highest BCUT2D eigenvalue weighted by Crippen LogP contribution is 2.33. The molecular formula is C22H25N3O2. The first-order valence-electron chi connectivity index (χ1n) is 9.42. The first-order valence-corrected chi connectivity index (χ1v) is 9.42. The summed E-state index contributed by atoms with van der Waals surface area (Å²) in [6, 6.07) is 18.6. The summed E-state index contributed by atoms with van der Waals surface area (Å²) in [4.78, 5) is 0. The van der Waals surface area contributed by atoms with E-state index in [4.69, 9.17) is 9.47 Å². The maximum Gasteiger partial charge on any atom is 0.240 e. The van der Waals surface area contributed by atoms with Crippen LogP contribution in [0.3, 0.4) is 0 Å². The number of rotatable bonds is 8. The highest BCUT2D eigenvalue weighted by Gasteiger charge is 2.39. The molecule has 0 spiro atoms. The number of benzene rings is 2. The van der Waals surface area contributed by atoms with E-state index in [0.717, 1.165) is 29.8 Å². The summed E-state index contributed by atoms with van der Waals surface area (Å²) in [6.45, 7) is 6.25. The van der Waals surface area contributed by atoms with Crippen molar-refractivity contribution in [2.75, 3.05) is 18.5 Å². The van der Waals surface area contributed by atoms with Gasteiger partial charge < -0.3 is 14.8 Å². The average Bonchev–Trinajstić information content (AvgIpc) is 3.26. The van der Waals surface area contributed by atoms with Crippen molar-refractivity contribution in [3.63, 3.8) is 0 Å². The monoisotopic (exact) mass is 363 g/mol. The number of aromatic nitrogens is 2. The van der Waals surface area contributed by atoms with Crippen LogP contribution in [0.4, 0.5) is 5.69 Å². The van der Waals surface area contributed by atoms with Gasteiger partial charge in [0.15, 0.2) is 5.72 Å². The van der Waals surface area contributed by atoms with Crippen molar-refractivity contribution in [3.8, 4) is 17.0 Å². The minimum absolute atomic E-state index is 0.238. The van der Waals surface area contributed by atoms with Crippen molar-refractivity contribution in [2.45, 2.75) is 32.5 Å². The minimum Gasteiger partial charge on any atom is -0.476 e. The van der Waals surface area contributed by atoms with Crippen LogP contribution in [0.5, 0.6) is 5.88 Å². The van der Waals surface area contributed by atoms with Gasteiger partial charge in [0.2, 0.25) is 5.88 Å². The molecule has 1 aliphatic rings. The third-order valence-corrected chi connectivity index (χ3v) is 4.52. The molecule has 1 atom stereocenters. The van der Waals surface area contributed by atoms with E-state index in [1.807, 2.05) is 35.9 Å². The lowest BCUT2D eigenvalue weighted by Crippen LogP contribution is -2.17. The number of epoxide rings is 1. The second kappa shape index (κ2) is 7.45. The molecule has 0 radical (unpaired) electrons. The quantitative estimate of drug-likeness (QED) is 0.597. The Kier molecular flexibility index (Phi) is 4.86. The fourth-order valence-corrected chi connectivity index (χ4v) is 3.01. The summed E-state index contributed by atoms with van der Waals surface area (Å²) in [5.41, 5.74) is 4.09. The minimum atomic E-state index is -0.238. The van der Waals surface area contributed by atoms with E-state index in [-0.39, 0.29) is 5.72 Å². The highest BCUT2D eigenvalue weighted by molar-refractivity contribution is 5.72. The summed E-state index contributed by atoms with van der Waals surface area (Å²) in [5.74, 6) is 0.679. The number of anilines is 1. The lowest BCUT2D eigenvalue weighted by molar-refractivity contribution is 0.302. The zero-order valence-corrected chi connectivity index (χ0v) is 15.8. The van der Waals surface area contributed by atoms with Crippen LogP contribution in [-0.2, 0) is 11.3 Å². The largest absolute Gasteiger partial charge is 0.476 e. The molecule has 1 N–H and O–H groups in total. The molecule has 0 aliphatic carbocycles. The molecule has 1 aromatic heterocycles. The van der Waals surface area contributed by atoms with Crippen LogP contribution in [0.25, 0.3) is 11.1 Å². The van der Waals surface area contributed by atoms with Gasteiger partial charge in [-0.1, -0.05) is 49.4 Å². The summed E-state index contributed by atoms with van der Waals surface area (Å²) in [5, 5.41) is 8.11. The SMILES string of the molecule is CCCOc1nn(Cc2ccccc2)cc1-c1cccc(NC2(C)CO2)c1. The van der Waals surface area contributed by atoms with E-state index in [9.17, 15) is 0 Å². The zero-order chi connectivity index (χ0) is 18.7. The van der Waals surface area contributed by atoms with Gasteiger partial charge in [-0.2, -0.15) is 0 Å². The molecule has 0 amide bonds. The second-order valence-electron chi connectivity index (χ2n) is 7.10. The molecule has 5 nitrogen and oxygen atoms in total. The molecule has 0 bridgehead atoms. The molecule has 2 aromatic carbocycles. The van der Waals surface area contributed by atoms with Crippen LogP contribution >= 0.6 is 0 Å². The molecule has 5 heteroatoms.